The molecule has 1 nitrogen and oxygen atoms in total. The molecule has 2 heteroatoms. The van der Waals surface area contributed by atoms with Crippen molar-refractivity contribution >= 4 is 12.6 Å². The van der Waals surface area contributed by atoms with Gasteiger partial charge < -0.3 is 4.74 Å². The number of rotatable bonds is 6. The monoisotopic (exact) mass is 296 g/mol. The first-order valence-corrected chi connectivity index (χ1v) is 8.46. The van der Waals surface area contributed by atoms with Gasteiger partial charge in [-0.15, -0.1) is 0 Å². The summed E-state index contributed by atoms with van der Waals surface area (Å²) in [5.74, 6) is 2.43. The van der Waals surface area contributed by atoms with Crippen molar-refractivity contribution < 1.29 is 4.74 Å². The van der Waals surface area contributed by atoms with Gasteiger partial charge in [0.2, 0.25) is 0 Å². The lowest BCUT2D eigenvalue weighted by molar-refractivity contribution is 0.304. The van der Waals surface area contributed by atoms with E-state index in [2.05, 4.69) is 58.5 Å². The van der Waals surface area contributed by atoms with Crippen molar-refractivity contribution in [1.29, 1.82) is 0 Å². The van der Waals surface area contributed by atoms with Crippen molar-refractivity contribution in [3.63, 3.8) is 0 Å². The predicted octanol–water partition coefficient (Wildman–Crippen LogP) is 5.95. The Balaban J connectivity index is 0.00000172. The van der Waals surface area contributed by atoms with Crippen molar-refractivity contribution in [2.45, 2.75) is 60.3 Å². The molecule has 0 N–H and O–H groups in total. The highest BCUT2D eigenvalue weighted by Gasteiger charge is 2.24. The van der Waals surface area contributed by atoms with Gasteiger partial charge in [-0.1, -0.05) is 53.7 Å². The molecule has 0 radical (unpaired) electrons. The maximum Gasteiger partial charge on any atom is 0.119 e. The molecule has 1 aromatic rings. The molecule has 20 heavy (non-hydrogen) atoms. The van der Waals surface area contributed by atoms with Gasteiger partial charge in [-0.25, -0.2) is 0 Å². The molecule has 0 aromatic heterocycles. The van der Waals surface area contributed by atoms with E-state index >= 15 is 0 Å². The molecule has 1 atom stereocenters. The van der Waals surface area contributed by atoms with E-state index < -0.39 is 0 Å². The second-order valence-electron chi connectivity index (χ2n) is 5.82. The summed E-state index contributed by atoms with van der Waals surface area (Å²) in [6.07, 6.45) is 2.15. The normalized spacial score (nSPS) is 12.3. The molecule has 0 bridgehead atoms. The Labute approximate surface area is 131 Å². The second-order valence-corrected chi connectivity index (χ2v) is 6.27. The lowest BCUT2D eigenvalue weighted by Crippen LogP contribution is -2.17. The van der Waals surface area contributed by atoms with E-state index in [-0.39, 0.29) is 0 Å². The first-order valence-electron chi connectivity index (χ1n) is 7.82. The van der Waals surface area contributed by atoms with Crippen LogP contribution in [0.25, 0.3) is 0 Å². The third-order valence-corrected chi connectivity index (χ3v) is 3.60. The Morgan fingerprint density at radius 1 is 1.20 bits per heavy atom. The molecule has 1 rings (SSSR count). The molecule has 0 aliphatic carbocycles. The van der Waals surface area contributed by atoms with Crippen molar-refractivity contribution in [1.82, 2.24) is 0 Å². The summed E-state index contributed by atoms with van der Waals surface area (Å²) in [6, 6.07) is 8.54. The summed E-state index contributed by atoms with van der Waals surface area (Å²) >= 11 is 4.19. The lowest BCUT2D eigenvalue weighted by atomic mass is 9.75. The summed E-state index contributed by atoms with van der Waals surface area (Å²) in [7, 11) is 0. The number of ether oxygens (including phenoxy) is 1. The Bertz CT molecular complexity index is 355. The zero-order valence-electron chi connectivity index (χ0n) is 14.1. The van der Waals surface area contributed by atoms with Crippen molar-refractivity contribution in [2.75, 3.05) is 12.4 Å². The van der Waals surface area contributed by atoms with Crippen molar-refractivity contribution in [3.8, 4) is 5.75 Å². The highest BCUT2D eigenvalue weighted by molar-refractivity contribution is 7.80. The third kappa shape index (κ3) is 6.69. The Kier molecular flexibility index (Phi) is 9.83. The fourth-order valence-corrected chi connectivity index (χ4v) is 2.55. The average molecular weight is 297 g/mol. The fraction of sp³-hybridized carbons (Fsp3) is 0.667. The number of hydrogen-bond donors (Lipinski definition) is 1. The smallest absolute Gasteiger partial charge is 0.119 e. The van der Waals surface area contributed by atoms with Gasteiger partial charge in [0, 0.05) is 0 Å². The summed E-state index contributed by atoms with van der Waals surface area (Å²) in [5, 5.41) is 0. The Morgan fingerprint density at radius 3 is 2.35 bits per heavy atom. The quantitative estimate of drug-likeness (QED) is 0.504. The number of hydrogen-bond acceptors (Lipinski definition) is 2. The number of thiol groups is 1. The van der Waals surface area contributed by atoms with Crippen molar-refractivity contribution in [3.05, 3.63) is 29.8 Å². The zero-order chi connectivity index (χ0) is 15.6. The predicted molar refractivity (Wildman–Crippen MR) is 94.2 cm³/mol. The van der Waals surface area contributed by atoms with Gasteiger partial charge in [0.15, 0.2) is 0 Å². The van der Waals surface area contributed by atoms with Crippen LogP contribution in [0.15, 0.2) is 24.3 Å². The maximum absolute atomic E-state index is 5.75. The van der Waals surface area contributed by atoms with Gasteiger partial charge in [-0.3, -0.25) is 0 Å². The SMILES string of the molecule is CC.CCC(c1cccc(OCCCS)c1)C(C)(C)C. The molecule has 0 saturated carbocycles. The van der Waals surface area contributed by atoms with E-state index in [4.69, 9.17) is 4.74 Å². The van der Waals surface area contributed by atoms with Crippen LogP contribution in [0.4, 0.5) is 0 Å². The van der Waals surface area contributed by atoms with Crippen LogP contribution in [0, 0.1) is 5.41 Å². The van der Waals surface area contributed by atoms with Gasteiger partial charge >= 0.3 is 0 Å². The summed E-state index contributed by atoms with van der Waals surface area (Å²) in [5.41, 5.74) is 1.67. The van der Waals surface area contributed by atoms with E-state index in [0.717, 1.165) is 31.0 Å². The number of benzene rings is 1. The molecule has 0 spiro atoms. The summed E-state index contributed by atoms with van der Waals surface area (Å²) < 4.78 is 5.75. The highest BCUT2D eigenvalue weighted by Crippen LogP contribution is 2.38. The highest BCUT2D eigenvalue weighted by atomic mass is 32.1. The molecule has 0 aliphatic rings. The second kappa shape index (κ2) is 10.1. The molecule has 116 valence electrons. The van der Waals surface area contributed by atoms with Crippen LogP contribution < -0.4 is 4.74 Å². The van der Waals surface area contributed by atoms with Gasteiger partial charge in [-0.2, -0.15) is 12.6 Å². The largest absolute Gasteiger partial charge is 0.494 e. The third-order valence-electron chi connectivity index (χ3n) is 3.29. The standard InChI is InChI=1S/C16H26OS.C2H6/c1-5-15(16(2,3)4)13-8-6-9-14(12-13)17-10-7-11-18;1-2/h6,8-9,12,15,18H,5,7,10-11H2,1-4H3;1-2H3. The van der Waals surface area contributed by atoms with Crippen LogP contribution in [0.5, 0.6) is 5.75 Å². The summed E-state index contributed by atoms with van der Waals surface area (Å²) in [6.45, 7) is 13.9. The topological polar surface area (TPSA) is 9.23 Å². The van der Waals surface area contributed by atoms with Crippen LogP contribution in [0.1, 0.15) is 65.9 Å². The van der Waals surface area contributed by atoms with Crippen LogP contribution >= 0.6 is 12.6 Å². The van der Waals surface area contributed by atoms with E-state index in [0.29, 0.717) is 11.3 Å². The van der Waals surface area contributed by atoms with E-state index in [9.17, 15) is 0 Å². The van der Waals surface area contributed by atoms with E-state index in [1.807, 2.05) is 19.9 Å². The average Bonchev–Trinajstić information content (AvgIpc) is 2.41. The minimum atomic E-state index is 0.290. The molecule has 0 amide bonds. The molecular formula is C18H32OS. The van der Waals surface area contributed by atoms with Crippen LogP contribution in [0.3, 0.4) is 0 Å². The minimum Gasteiger partial charge on any atom is -0.494 e. The van der Waals surface area contributed by atoms with Gasteiger partial charge in [0.25, 0.3) is 0 Å². The molecular weight excluding hydrogens is 264 g/mol. The van der Waals surface area contributed by atoms with Crippen LogP contribution in [-0.4, -0.2) is 12.4 Å². The summed E-state index contributed by atoms with van der Waals surface area (Å²) in [4.78, 5) is 0. The first kappa shape index (κ1) is 19.4. The first-order chi connectivity index (χ1) is 9.49. The minimum absolute atomic E-state index is 0.290. The van der Waals surface area contributed by atoms with E-state index in [1.165, 1.54) is 5.56 Å². The van der Waals surface area contributed by atoms with E-state index in [1.54, 1.807) is 0 Å². The molecule has 0 fully saturated rings. The Hall–Kier alpha value is -0.630. The molecule has 1 aromatic carbocycles. The van der Waals surface area contributed by atoms with Crippen molar-refractivity contribution in [2.24, 2.45) is 5.41 Å². The molecule has 0 heterocycles. The zero-order valence-corrected chi connectivity index (χ0v) is 15.0. The molecule has 1 unspecified atom stereocenters. The van der Waals surface area contributed by atoms with Crippen LogP contribution in [-0.2, 0) is 0 Å². The Morgan fingerprint density at radius 2 is 1.85 bits per heavy atom. The van der Waals surface area contributed by atoms with Crippen LogP contribution in [0.2, 0.25) is 0 Å². The van der Waals surface area contributed by atoms with Gasteiger partial charge in [0.1, 0.15) is 5.75 Å². The van der Waals surface area contributed by atoms with Gasteiger partial charge in [0.05, 0.1) is 6.61 Å². The maximum atomic E-state index is 5.75. The van der Waals surface area contributed by atoms with Gasteiger partial charge in [-0.05, 0) is 47.6 Å². The fourth-order valence-electron chi connectivity index (χ4n) is 2.42. The molecule has 0 aliphatic heterocycles. The lowest BCUT2D eigenvalue weighted by Gasteiger charge is -2.30. The molecule has 0 saturated heterocycles.